The van der Waals surface area contributed by atoms with Crippen molar-refractivity contribution in [3.8, 4) is 17.4 Å². The van der Waals surface area contributed by atoms with Gasteiger partial charge in [0.05, 0.1) is 16.3 Å². The van der Waals surface area contributed by atoms with Crippen molar-refractivity contribution in [3.63, 3.8) is 0 Å². The maximum atomic E-state index is 13.0. The van der Waals surface area contributed by atoms with Crippen LogP contribution < -0.4 is 5.43 Å². The first kappa shape index (κ1) is 21.0. The lowest BCUT2D eigenvalue weighted by molar-refractivity contribution is -0.137. The standard InChI is InChI=1S/C19H9ClF4N4O2/c20-14-7-12(5-6-13(14)19(22,23)24)26-27-16(9-25)18(29)15-8-17(30-28-15)10-1-3-11(21)4-2-10/h1-8,26H/b27-16+. The van der Waals surface area contributed by atoms with Crippen LogP contribution in [0.1, 0.15) is 16.1 Å². The molecule has 1 aromatic heterocycles. The number of carbonyl (C=O) groups excluding carboxylic acids is 1. The van der Waals surface area contributed by atoms with E-state index in [-0.39, 0.29) is 17.1 Å². The van der Waals surface area contributed by atoms with Gasteiger partial charge in [0.25, 0.3) is 0 Å². The average Bonchev–Trinajstić information content (AvgIpc) is 3.18. The number of hydrogen-bond donors (Lipinski definition) is 1. The number of anilines is 1. The summed E-state index contributed by atoms with van der Waals surface area (Å²) in [4.78, 5) is 12.4. The van der Waals surface area contributed by atoms with Crippen LogP contribution in [-0.4, -0.2) is 16.7 Å². The molecule has 3 rings (SSSR count). The Morgan fingerprint density at radius 2 is 1.87 bits per heavy atom. The number of Topliss-reactive ketones (excluding diaryl/α,β-unsaturated/α-hetero) is 1. The van der Waals surface area contributed by atoms with Gasteiger partial charge < -0.3 is 4.52 Å². The van der Waals surface area contributed by atoms with E-state index in [1.54, 1.807) is 6.07 Å². The van der Waals surface area contributed by atoms with Gasteiger partial charge in [-0.15, -0.1) is 0 Å². The molecule has 0 saturated heterocycles. The largest absolute Gasteiger partial charge is 0.417 e. The molecule has 0 aliphatic heterocycles. The number of hydrazone groups is 1. The summed E-state index contributed by atoms with van der Waals surface area (Å²) in [5.74, 6) is -1.18. The Labute approximate surface area is 171 Å². The van der Waals surface area contributed by atoms with E-state index in [1.165, 1.54) is 30.3 Å². The van der Waals surface area contributed by atoms with Gasteiger partial charge in [0.1, 0.15) is 11.9 Å². The molecule has 0 fully saturated rings. The summed E-state index contributed by atoms with van der Waals surface area (Å²) in [5.41, 5.74) is 0.896. The highest BCUT2D eigenvalue weighted by Gasteiger charge is 2.33. The minimum Gasteiger partial charge on any atom is -0.356 e. The predicted molar refractivity (Wildman–Crippen MR) is 99.4 cm³/mol. The van der Waals surface area contributed by atoms with Crippen LogP contribution in [-0.2, 0) is 6.18 Å². The SMILES string of the molecule is N#C/C(=N\Nc1ccc(C(F)(F)F)c(Cl)c1)C(=O)c1cc(-c2ccc(F)cc2)on1. The fourth-order valence-corrected chi connectivity index (χ4v) is 2.60. The number of hydrogen-bond acceptors (Lipinski definition) is 6. The van der Waals surface area contributed by atoms with Gasteiger partial charge in [0, 0.05) is 11.6 Å². The summed E-state index contributed by atoms with van der Waals surface area (Å²) in [5, 5.41) is 15.8. The van der Waals surface area contributed by atoms with Gasteiger partial charge in [-0.3, -0.25) is 10.2 Å². The molecule has 0 radical (unpaired) electrons. The smallest absolute Gasteiger partial charge is 0.356 e. The lowest BCUT2D eigenvalue weighted by Gasteiger charge is -2.10. The molecule has 1 N–H and O–H groups in total. The summed E-state index contributed by atoms with van der Waals surface area (Å²) >= 11 is 5.61. The van der Waals surface area contributed by atoms with Crippen LogP contribution in [0.2, 0.25) is 5.02 Å². The summed E-state index contributed by atoms with van der Waals surface area (Å²) in [7, 11) is 0. The van der Waals surface area contributed by atoms with Gasteiger partial charge in [0.2, 0.25) is 11.5 Å². The topological polar surface area (TPSA) is 91.3 Å². The van der Waals surface area contributed by atoms with E-state index in [9.17, 15) is 27.6 Å². The van der Waals surface area contributed by atoms with E-state index in [1.807, 2.05) is 0 Å². The third-order valence-electron chi connectivity index (χ3n) is 3.76. The predicted octanol–water partition coefficient (Wildman–Crippen LogP) is 5.33. The van der Waals surface area contributed by atoms with Crippen LogP contribution in [0, 0.1) is 17.1 Å². The molecule has 0 amide bonds. The summed E-state index contributed by atoms with van der Waals surface area (Å²) in [6, 6.07) is 10.8. The van der Waals surface area contributed by atoms with Gasteiger partial charge in [0.15, 0.2) is 11.5 Å². The van der Waals surface area contributed by atoms with E-state index in [4.69, 9.17) is 16.1 Å². The molecular weight excluding hydrogens is 428 g/mol. The number of nitrogens with one attached hydrogen (secondary N) is 1. The lowest BCUT2D eigenvalue weighted by atomic mass is 10.1. The molecule has 11 heteroatoms. The Kier molecular flexibility index (Phi) is 5.84. The van der Waals surface area contributed by atoms with Crippen LogP contribution >= 0.6 is 11.6 Å². The van der Waals surface area contributed by atoms with E-state index in [0.717, 1.165) is 18.2 Å². The molecule has 0 bridgehead atoms. The molecule has 2 aromatic carbocycles. The van der Waals surface area contributed by atoms with Gasteiger partial charge in [-0.25, -0.2) is 4.39 Å². The number of ketones is 1. The fourth-order valence-electron chi connectivity index (χ4n) is 2.32. The number of nitrogens with zero attached hydrogens (tertiary/aromatic N) is 3. The summed E-state index contributed by atoms with van der Waals surface area (Å²) < 4.78 is 56.2. The van der Waals surface area contributed by atoms with Crippen molar-refractivity contribution in [3.05, 3.63) is 70.6 Å². The number of alkyl halides is 3. The quantitative estimate of drug-likeness (QED) is 0.253. The maximum absolute atomic E-state index is 13.0. The molecule has 0 aliphatic carbocycles. The molecule has 30 heavy (non-hydrogen) atoms. The summed E-state index contributed by atoms with van der Waals surface area (Å²) in [6.07, 6.45) is -4.62. The highest BCUT2D eigenvalue weighted by molar-refractivity contribution is 6.51. The first-order chi connectivity index (χ1) is 14.2. The first-order valence-electron chi connectivity index (χ1n) is 8.07. The number of rotatable bonds is 5. The van der Waals surface area contributed by atoms with Crippen LogP contribution in [0.3, 0.4) is 0 Å². The molecule has 0 atom stereocenters. The van der Waals surface area contributed by atoms with Crippen LogP contribution in [0.4, 0.5) is 23.2 Å². The Hall–Kier alpha value is -3.71. The Morgan fingerprint density at radius 3 is 2.47 bits per heavy atom. The van der Waals surface area contributed by atoms with Gasteiger partial charge >= 0.3 is 6.18 Å². The van der Waals surface area contributed by atoms with Crippen LogP contribution in [0.15, 0.2) is 58.2 Å². The van der Waals surface area contributed by atoms with Crippen molar-refractivity contribution in [1.82, 2.24) is 5.16 Å². The van der Waals surface area contributed by atoms with E-state index >= 15 is 0 Å². The summed E-state index contributed by atoms with van der Waals surface area (Å²) in [6.45, 7) is 0. The van der Waals surface area contributed by atoms with Crippen molar-refractivity contribution in [2.24, 2.45) is 5.10 Å². The zero-order valence-electron chi connectivity index (χ0n) is 14.7. The highest BCUT2D eigenvalue weighted by atomic mass is 35.5. The van der Waals surface area contributed by atoms with Crippen LogP contribution in [0.25, 0.3) is 11.3 Å². The fraction of sp³-hybridized carbons (Fsp3) is 0.0526. The zero-order chi connectivity index (χ0) is 21.9. The van der Waals surface area contributed by atoms with Gasteiger partial charge in [-0.1, -0.05) is 16.8 Å². The van der Waals surface area contributed by atoms with Gasteiger partial charge in [-0.05, 0) is 42.5 Å². The monoisotopic (exact) mass is 436 g/mol. The molecule has 152 valence electrons. The normalized spacial score (nSPS) is 11.8. The Morgan fingerprint density at radius 1 is 1.17 bits per heavy atom. The minimum absolute atomic E-state index is 0.0284. The third kappa shape index (κ3) is 4.64. The molecule has 0 saturated carbocycles. The third-order valence-corrected chi connectivity index (χ3v) is 4.08. The lowest BCUT2D eigenvalue weighted by Crippen LogP contribution is -2.14. The Bertz CT molecular complexity index is 1160. The molecule has 0 unspecified atom stereocenters. The Balaban J connectivity index is 1.78. The van der Waals surface area contributed by atoms with E-state index in [0.29, 0.717) is 5.56 Å². The molecular formula is C19H9ClF4N4O2. The molecule has 1 heterocycles. The second kappa shape index (κ2) is 8.34. The van der Waals surface area contributed by atoms with Crippen molar-refractivity contribution in [2.75, 3.05) is 5.43 Å². The number of benzene rings is 2. The van der Waals surface area contributed by atoms with E-state index in [2.05, 4.69) is 15.7 Å². The second-order valence-electron chi connectivity index (χ2n) is 5.79. The van der Waals surface area contributed by atoms with Gasteiger partial charge in [-0.2, -0.15) is 23.5 Å². The zero-order valence-corrected chi connectivity index (χ0v) is 15.4. The number of aromatic nitrogens is 1. The molecule has 0 aliphatic rings. The highest BCUT2D eigenvalue weighted by Crippen LogP contribution is 2.35. The maximum Gasteiger partial charge on any atom is 0.417 e. The van der Waals surface area contributed by atoms with Crippen molar-refractivity contribution in [1.29, 1.82) is 5.26 Å². The van der Waals surface area contributed by atoms with Crippen molar-refractivity contribution >= 4 is 28.8 Å². The van der Waals surface area contributed by atoms with Crippen molar-refractivity contribution < 1.29 is 26.9 Å². The molecule has 3 aromatic rings. The van der Waals surface area contributed by atoms with Crippen molar-refractivity contribution in [2.45, 2.75) is 6.18 Å². The number of nitriles is 1. The molecule has 6 nitrogen and oxygen atoms in total. The first-order valence-corrected chi connectivity index (χ1v) is 8.44. The average molecular weight is 437 g/mol. The number of carbonyl (C=O) groups is 1. The molecule has 0 spiro atoms. The minimum atomic E-state index is -4.62. The van der Waals surface area contributed by atoms with E-state index < -0.39 is 34.1 Å². The second-order valence-corrected chi connectivity index (χ2v) is 6.20. The van der Waals surface area contributed by atoms with Crippen LogP contribution in [0.5, 0.6) is 0 Å². The number of halogens is 5.